The molecule has 1 atom stereocenters. The highest BCUT2D eigenvalue weighted by Gasteiger charge is 2.38. The van der Waals surface area contributed by atoms with Crippen LogP contribution in [0.4, 0.5) is 14.5 Å². The van der Waals surface area contributed by atoms with Crippen LogP contribution in [0.25, 0.3) is 0 Å². The van der Waals surface area contributed by atoms with Gasteiger partial charge in [0.15, 0.2) is 0 Å². The molecule has 2 aromatic rings. The number of imide groups is 1. The van der Waals surface area contributed by atoms with E-state index in [-0.39, 0.29) is 29.3 Å². The molecule has 1 N–H and O–H groups in total. The van der Waals surface area contributed by atoms with E-state index in [0.29, 0.717) is 6.61 Å². The number of benzene rings is 2. The second kappa shape index (κ2) is 7.12. The monoisotopic (exact) mass is 386 g/mol. The second-order valence-electron chi connectivity index (χ2n) is 6.67. The fourth-order valence-corrected chi connectivity index (χ4v) is 3.39. The Balaban J connectivity index is 1.56. The van der Waals surface area contributed by atoms with Gasteiger partial charge in [0.2, 0.25) is 0 Å². The van der Waals surface area contributed by atoms with E-state index in [4.69, 9.17) is 4.74 Å². The lowest BCUT2D eigenvalue weighted by Crippen LogP contribution is -2.36. The molecule has 2 aliphatic rings. The van der Waals surface area contributed by atoms with Crippen molar-refractivity contribution in [2.75, 3.05) is 18.5 Å². The van der Waals surface area contributed by atoms with Gasteiger partial charge in [-0.3, -0.25) is 19.3 Å². The number of hydrogen-bond acceptors (Lipinski definition) is 4. The number of nitrogens with zero attached hydrogens (tertiary/aromatic N) is 1. The lowest BCUT2D eigenvalue weighted by atomic mass is 10.1. The molecule has 0 aromatic heterocycles. The number of carbonyl (C=O) groups excluding carboxylic acids is 3. The van der Waals surface area contributed by atoms with Crippen molar-refractivity contribution in [1.29, 1.82) is 0 Å². The molecular weight excluding hydrogens is 370 g/mol. The van der Waals surface area contributed by atoms with Crippen molar-refractivity contribution in [3.05, 3.63) is 64.7 Å². The zero-order valence-electron chi connectivity index (χ0n) is 14.7. The molecule has 2 aliphatic heterocycles. The third kappa shape index (κ3) is 3.16. The molecular formula is C20H16F2N2O4. The first-order valence-corrected chi connectivity index (χ1v) is 8.83. The molecule has 144 valence electrons. The largest absolute Gasteiger partial charge is 0.376 e. The van der Waals surface area contributed by atoms with Crippen molar-refractivity contribution in [2.45, 2.75) is 18.9 Å². The fraction of sp³-hybridized carbons (Fsp3) is 0.250. The Morgan fingerprint density at radius 1 is 1.11 bits per heavy atom. The smallest absolute Gasteiger partial charge is 0.261 e. The number of ether oxygens (including phenoxy) is 1. The number of carbonyl (C=O) groups is 3. The molecule has 1 fully saturated rings. The minimum Gasteiger partial charge on any atom is -0.376 e. The zero-order valence-corrected chi connectivity index (χ0v) is 14.7. The minimum absolute atomic E-state index is 0.0153. The Morgan fingerprint density at radius 3 is 2.50 bits per heavy atom. The van der Waals surface area contributed by atoms with Crippen LogP contribution in [0.5, 0.6) is 0 Å². The Kier molecular flexibility index (Phi) is 4.64. The van der Waals surface area contributed by atoms with Crippen LogP contribution >= 0.6 is 0 Å². The normalized spacial score (nSPS) is 18.5. The number of anilines is 1. The molecule has 0 spiro atoms. The Morgan fingerprint density at radius 2 is 1.82 bits per heavy atom. The van der Waals surface area contributed by atoms with Crippen LogP contribution in [-0.2, 0) is 4.74 Å². The molecule has 4 rings (SSSR count). The van der Waals surface area contributed by atoms with Gasteiger partial charge in [-0.05, 0) is 43.2 Å². The van der Waals surface area contributed by atoms with Gasteiger partial charge in [0.05, 0.1) is 23.8 Å². The predicted octanol–water partition coefficient (Wildman–Crippen LogP) is 2.99. The Bertz CT molecular complexity index is 966. The molecule has 1 saturated heterocycles. The van der Waals surface area contributed by atoms with Crippen LogP contribution < -0.4 is 5.32 Å². The molecule has 3 amide bonds. The highest BCUT2D eigenvalue weighted by atomic mass is 19.1. The number of para-hydroxylation sites is 1. The third-order valence-electron chi connectivity index (χ3n) is 4.84. The van der Waals surface area contributed by atoms with E-state index < -0.39 is 35.0 Å². The van der Waals surface area contributed by atoms with E-state index in [0.717, 1.165) is 29.9 Å². The molecule has 0 aliphatic carbocycles. The SMILES string of the molecule is O=C(Nc1c(F)cccc1F)c1ccc2c(c1)C(=O)N(CC1CCCO1)C2=O. The van der Waals surface area contributed by atoms with Crippen molar-refractivity contribution < 1.29 is 27.9 Å². The van der Waals surface area contributed by atoms with Gasteiger partial charge in [-0.2, -0.15) is 0 Å². The molecule has 0 radical (unpaired) electrons. The highest BCUT2D eigenvalue weighted by Crippen LogP contribution is 2.27. The first-order chi connectivity index (χ1) is 13.5. The minimum atomic E-state index is -0.913. The molecule has 0 bridgehead atoms. The van der Waals surface area contributed by atoms with E-state index in [2.05, 4.69) is 5.32 Å². The van der Waals surface area contributed by atoms with Crippen LogP contribution in [-0.4, -0.2) is 41.9 Å². The van der Waals surface area contributed by atoms with Gasteiger partial charge in [-0.1, -0.05) is 6.07 Å². The predicted molar refractivity (Wildman–Crippen MR) is 95.1 cm³/mol. The quantitative estimate of drug-likeness (QED) is 0.820. The van der Waals surface area contributed by atoms with E-state index in [1.165, 1.54) is 24.3 Å². The number of hydrogen-bond donors (Lipinski definition) is 1. The maximum absolute atomic E-state index is 13.7. The molecule has 8 heteroatoms. The summed E-state index contributed by atoms with van der Waals surface area (Å²) >= 11 is 0. The van der Waals surface area contributed by atoms with E-state index >= 15 is 0 Å². The lowest BCUT2D eigenvalue weighted by molar-refractivity contribution is 0.0475. The van der Waals surface area contributed by atoms with Gasteiger partial charge in [-0.25, -0.2) is 8.78 Å². The maximum Gasteiger partial charge on any atom is 0.261 e. The third-order valence-corrected chi connectivity index (χ3v) is 4.84. The Labute approximate surface area is 159 Å². The summed E-state index contributed by atoms with van der Waals surface area (Å²) in [4.78, 5) is 38.6. The van der Waals surface area contributed by atoms with E-state index in [9.17, 15) is 23.2 Å². The van der Waals surface area contributed by atoms with Crippen molar-refractivity contribution >= 4 is 23.4 Å². The summed E-state index contributed by atoms with van der Waals surface area (Å²) in [5.41, 5.74) is -0.279. The van der Waals surface area contributed by atoms with Gasteiger partial charge in [-0.15, -0.1) is 0 Å². The number of amides is 3. The molecule has 2 heterocycles. The zero-order chi connectivity index (χ0) is 19.8. The van der Waals surface area contributed by atoms with Gasteiger partial charge in [0.1, 0.15) is 17.3 Å². The van der Waals surface area contributed by atoms with Crippen LogP contribution in [0.2, 0.25) is 0 Å². The van der Waals surface area contributed by atoms with Crippen LogP contribution in [0, 0.1) is 11.6 Å². The molecule has 2 aromatic carbocycles. The summed E-state index contributed by atoms with van der Waals surface area (Å²) in [5.74, 6) is -3.57. The average molecular weight is 386 g/mol. The van der Waals surface area contributed by atoms with E-state index in [1.807, 2.05) is 0 Å². The van der Waals surface area contributed by atoms with Crippen LogP contribution in [0.15, 0.2) is 36.4 Å². The fourth-order valence-electron chi connectivity index (χ4n) is 3.39. The summed E-state index contributed by atoms with van der Waals surface area (Å²) < 4.78 is 32.9. The second-order valence-corrected chi connectivity index (χ2v) is 6.67. The first-order valence-electron chi connectivity index (χ1n) is 8.83. The van der Waals surface area contributed by atoms with Gasteiger partial charge >= 0.3 is 0 Å². The van der Waals surface area contributed by atoms with Crippen molar-refractivity contribution in [3.63, 3.8) is 0 Å². The molecule has 6 nitrogen and oxygen atoms in total. The molecule has 28 heavy (non-hydrogen) atoms. The van der Waals surface area contributed by atoms with Gasteiger partial charge in [0.25, 0.3) is 17.7 Å². The Hall–Kier alpha value is -3.13. The number of halogens is 2. The number of rotatable bonds is 4. The maximum atomic E-state index is 13.7. The highest BCUT2D eigenvalue weighted by molar-refractivity contribution is 6.22. The summed E-state index contributed by atoms with van der Waals surface area (Å²) in [6.07, 6.45) is 1.47. The lowest BCUT2D eigenvalue weighted by Gasteiger charge is -2.17. The molecule has 0 saturated carbocycles. The standard InChI is InChI=1S/C20H16F2N2O4/c21-15-4-1-5-16(22)17(15)23-18(25)11-6-7-13-14(9-11)20(27)24(19(13)26)10-12-3-2-8-28-12/h1,4-7,9,12H,2-3,8,10H2,(H,23,25). The van der Waals surface area contributed by atoms with Crippen molar-refractivity contribution in [3.8, 4) is 0 Å². The van der Waals surface area contributed by atoms with Crippen LogP contribution in [0.3, 0.4) is 0 Å². The van der Waals surface area contributed by atoms with Crippen molar-refractivity contribution in [2.24, 2.45) is 0 Å². The number of nitrogens with one attached hydrogen (secondary N) is 1. The van der Waals surface area contributed by atoms with Crippen LogP contribution in [0.1, 0.15) is 43.9 Å². The number of fused-ring (bicyclic) bond motifs is 1. The summed E-state index contributed by atoms with van der Waals surface area (Å²) in [5, 5.41) is 2.16. The summed E-state index contributed by atoms with van der Waals surface area (Å²) in [7, 11) is 0. The van der Waals surface area contributed by atoms with E-state index in [1.54, 1.807) is 0 Å². The average Bonchev–Trinajstić information content (AvgIpc) is 3.28. The summed E-state index contributed by atoms with van der Waals surface area (Å²) in [6.45, 7) is 0.763. The van der Waals surface area contributed by atoms with Gasteiger partial charge < -0.3 is 10.1 Å². The molecule has 1 unspecified atom stereocenters. The topological polar surface area (TPSA) is 75.7 Å². The first kappa shape index (κ1) is 18.2. The van der Waals surface area contributed by atoms with Crippen molar-refractivity contribution in [1.82, 2.24) is 4.90 Å². The summed E-state index contributed by atoms with van der Waals surface area (Å²) in [6, 6.07) is 7.20. The van der Waals surface area contributed by atoms with Gasteiger partial charge in [0, 0.05) is 12.2 Å².